The second kappa shape index (κ2) is 3.89. The van der Waals surface area contributed by atoms with Crippen LogP contribution in [-0.4, -0.2) is 17.0 Å². The third kappa shape index (κ3) is 3.66. The fraction of sp³-hybridized carbons (Fsp3) is 0.909. The molecule has 0 saturated heterocycles. The first kappa shape index (κ1) is 11.5. The van der Waals surface area contributed by atoms with Crippen LogP contribution in [-0.2, 0) is 4.79 Å². The molecule has 3 nitrogen and oxygen atoms in total. The predicted octanol–water partition coefficient (Wildman–Crippen LogP) is 1.56. The van der Waals surface area contributed by atoms with Crippen LogP contribution in [0.2, 0.25) is 0 Å². The van der Waals surface area contributed by atoms with E-state index in [1.165, 1.54) is 12.8 Å². The van der Waals surface area contributed by atoms with E-state index in [2.05, 4.69) is 5.32 Å². The molecule has 1 aliphatic rings. The van der Waals surface area contributed by atoms with Crippen LogP contribution in [0.5, 0.6) is 0 Å². The first-order chi connectivity index (χ1) is 6.31. The van der Waals surface area contributed by atoms with Gasteiger partial charge >= 0.3 is 0 Å². The van der Waals surface area contributed by atoms with Gasteiger partial charge in [0.25, 0.3) is 0 Å². The van der Waals surface area contributed by atoms with Crippen molar-refractivity contribution in [1.82, 2.24) is 5.32 Å². The van der Waals surface area contributed by atoms with Crippen molar-refractivity contribution in [1.29, 1.82) is 0 Å². The Labute approximate surface area is 86.4 Å². The van der Waals surface area contributed by atoms with E-state index < -0.39 is 0 Å². The molecule has 1 amide bonds. The lowest BCUT2D eigenvalue weighted by atomic mass is 9.94. The Morgan fingerprint density at radius 3 is 2.29 bits per heavy atom. The van der Waals surface area contributed by atoms with E-state index >= 15 is 0 Å². The molecule has 3 heteroatoms. The van der Waals surface area contributed by atoms with Crippen molar-refractivity contribution in [2.45, 2.75) is 64.0 Å². The van der Waals surface area contributed by atoms with E-state index in [4.69, 9.17) is 5.73 Å². The molecule has 0 aromatic rings. The molecule has 1 fully saturated rings. The van der Waals surface area contributed by atoms with E-state index in [9.17, 15) is 4.79 Å². The highest BCUT2D eigenvalue weighted by Gasteiger charge is 2.32. The number of nitrogens with one attached hydrogen (secondary N) is 1. The maximum atomic E-state index is 11.6. The topological polar surface area (TPSA) is 55.1 Å². The van der Waals surface area contributed by atoms with Gasteiger partial charge < -0.3 is 11.1 Å². The van der Waals surface area contributed by atoms with Crippen molar-refractivity contribution in [3.05, 3.63) is 0 Å². The minimum absolute atomic E-state index is 0.0851. The summed E-state index contributed by atoms with van der Waals surface area (Å²) in [5.74, 6) is 0.0851. The lowest BCUT2D eigenvalue weighted by molar-refractivity contribution is -0.123. The highest BCUT2D eigenvalue weighted by molar-refractivity contribution is 5.77. The van der Waals surface area contributed by atoms with Crippen molar-refractivity contribution in [2.24, 2.45) is 5.73 Å². The zero-order valence-electron chi connectivity index (χ0n) is 9.52. The van der Waals surface area contributed by atoms with E-state index in [0.29, 0.717) is 6.42 Å². The molecule has 3 N–H and O–H groups in total. The molecule has 0 spiro atoms. The van der Waals surface area contributed by atoms with Crippen LogP contribution in [0.25, 0.3) is 0 Å². The zero-order chi connectivity index (χ0) is 10.8. The van der Waals surface area contributed by atoms with E-state index in [-0.39, 0.29) is 17.0 Å². The van der Waals surface area contributed by atoms with Gasteiger partial charge in [-0.15, -0.1) is 0 Å². The molecule has 14 heavy (non-hydrogen) atoms. The molecule has 1 rings (SSSR count). The largest absolute Gasteiger partial charge is 0.351 e. The van der Waals surface area contributed by atoms with Crippen molar-refractivity contribution < 1.29 is 4.79 Å². The number of amides is 1. The Morgan fingerprint density at radius 1 is 1.36 bits per heavy atom. The predicted molar refractivity (Wildman–Crippen MR) is 57.9 cm³/mol. The summed E-state index contributed by atoms with van der Waals surface area (Å²) < 4.78 is 0. The van der Waals surface area contributed by atoms with Crippen molar-refractivity contribution >= 4 is 5.91 Å². The quantitative estimate of drug-likeness (QED) is 0.707. The fourth-order valence-electron chi connectivity index (χ4n) is 2.04. The molecule has 0 unspecified atom stereocenters. The Morgan fingerprint density at radius 2 is 1.86 bits per heavy atom. The average Bonchev–Trinajstić information content (AvgIpc) is 2.30. The van der Waals surface area contributed by atoms with Gasteiger partial charge in [-0.2, -0.15) is 0 Å². The molecule has 0 heterocycles. The first-order valence-electron chi connectivity index (χ1n) is 5.41. The van der Waals surface area contributed by atoms with Gasteiger partial charge in [-0.1, -0.05) is 12.8 Å². The summed E-state index contributed by atoms with van der Waals surface area (Å²) in [6.45, 7) is 5.97. The zero-order valence-corrected chi connectivity index (χ0v) is 9.52. The van der Waals surface area contributed by atoms with Crippen LogP contribution in [0.1, 0.15) is 52.9 Å². The van der Waals surface area contributed by atoms with E-state index in [1.54, 1.807) is 0 Å². The molecule has 82 valence electrons. The van der Waals surface area contributed by atoms with Gasteiger partial charge in [-0.05, 0) is 33.6 Å². The number of carbonyl (C=O) groups excluding carboxylic acids is 1. The minimum Gasteiger partial charge on any atom is -0.351 e. The van der Waals surface area contributed by atoms with Crippen molar-refractivity contribution in [3.8, 4) is 0 Å². The Hall–Kier alpha value is -0.570. The third-order valence-electron chi connectivity index (χ3n) is 2.63. The summed E-state index contributed by atoms with van der Waals surface area (Å²) >= 11 is 0. The van der Waals surface area contributed by atoms with Gasteiger partial charge in [-0.25, -0.2) is 0 Å². The summed E-state index contributed by atoms with van der Waals surface area (Å²) in [4.78, 5) is 11.6. The maximum absolute atomic E-state index is 11.6. The lowest BCUT2D eigenvalue weighted by Gasteiger charge is -2.26. The van der Waals surface area contributed by atoms with Gasteiger partial charge in [0.2, 0.25) is 5.91 Å². The van der Waals surface area contributed by atoms with Gasteiger partial charge in [0.15, 0.2) is 0 Å². The molecule has 1 saturated carbocycles. The number of rotatable bonds is 2. The Balaban J connectivity index is 2.40. The molecule has 0 aromatic heterocycles. The maximum Gasteiger partial charge on any atom is 0.222 e. The van der Waals surface area contributed by atoms with Crippen LogP contribution in [0.3, 0.4) is 0 Å². The first-order valence-corrected chi connectivity index (χ1v) is 5.41. The average molecular weight is 198 g/mol. The van der Waals surface area contributed by atoms with Gasteiger partial charge in [-0.3, -0.25) is 4.79 Å². The summed E-state index contributed by atoms with van der Waals surface area (Å²) in [5.41, 5.74) is 5.74. The molecule has 0 aliphatic heterocycles. The smallest absolute Gasteiger partial charge is 0.222 e. The van der Waals surface area contributed by atoms with Crippen LogP contribution < -0.4 is 11.1 Å². The normalized spacial score (nSPS) is 20.9. The summed E-state index contributed by atoms with van der Waals surface area (Å²) in [6.07, 6.45) is 4.79. The second-order valence-electron chi connectivity index (χ2n) is 5.54. The summed E-state index contributed by atoms with van der Waals surface area (Å²) in [5, 5.41) is 2.95. The van der Waals surface area contributed by atoms with Gasteiger partial charge in [0.1, 0.15) is 0 Å². The summed E-state index contributed by atoms with van der Waals surface area (Å²) in [7, 11) is 0. The van der Waals surface area contributed by atoms with Crippen LogP contribution in [0.15, 0.2) is 0 Å². The van der Waals surface area contributed by atoms with E-state index in [0.717, 1.165) is 12.8 Å². The number of hydrogen-bond donors (Lipinski definition) is 2. The van der Waals surface area contributed by atoms with Crippen LogP contribution in [0, 0.1) is 0 Å². The van der Waals surface area contributed by atoms with Gasteiger partial charge in [0.05, 0.1) is 0 Å². The summed E-state index contributed by atoms with van der Waals surface area (Å²) in [6, 6.07) is 0. The standard InChI is InChI=1S/C11H22N2O/c1-10(2,3)13-9(14)8-11(12)6-4-5-7-11/h4-8,12H2,1-3H3,(H,13,14). The Kier molecular flexibility index (Phi) is 3.20. The highest BCUT2D eigenvalue weighted by atomic mass is 16.1. The van der Waals surface area contributed by atoms with Crippen LogP contribution in [0.4, 0.5) is 0 Å². The van der Waals surface area contributed by atoms with Crippen molar-refractivity contribution in [2.75, 3.05) is 0 Å². The van der Waals surface area contributed by atoms with E-state index in [1.807, 2.05) is 20.8 Å². The van der Waals surface area contributed by atoms with Crippen LogP contribution >= 0.6 is 0 Å². The molecular formula is C11H22N2O. The molecule has 0 atom stereocenters. The second-order valence-corrected chi connectivity index (χ2v) is 5.54. The van der Waals surface area contributed by atoms with Gasteiger partial charge in [0, 0.05) is 17.5 Å². The molecular weight excluding hydrogens is 176 g/mol. The molecule has 0 aromatic carbocycles. The third-order valence-corrected chi connectivity index (χ3v) is 2.63. The SMILES string of the molecule is CC(C)(C)NC(=O)CC1(N)CCCC1. The number of carbonyl (C=O) groups is 1. The van der Waals surface area contributed by atoms with Crippen molar-refractivity contribution in [3.63, 3.8) is 0 Å². The fourth-order valence-corrected chi connectivity index (χ4v) is 2.04. The number of nitrogens with two attached hydrogens (primary N) is 1. The monoisotopic (exact) mass is 198 g/mol. The highest BCUT2D eigenvalue weighted by Crippen LogP contribution is 2.29. The minimum atomic E-state index is -0.227. The molecule has 1 aliphatic carbocycles. The number of hydrogen-bond acceptors (Lipinski definition) is 2. The molecule has 0 radical (unpaired) electrons. The Bertz CT molecular complexity index is 212. The lowest BCUT2D eigenvalue weighted by Crippen LogP contribution is -2.47. The molecule has 0 bridgehead atoms.